The molecule has 3 amide bonds. The van der Waals surface area contributed by atoms with E-state index in [1.807, 2.05) is 0 Å². The summed E-state index contributed by atoms with van der Waals surface area (Å²) in [5, 5.41) is 21.0. The van der Waals surface area contributed by atoms with Crippen molar-refractivity contribution in [3.05, 3.63) is 53.6 Å². The Hall–Kier alpha value is -3.46. The Kier molecular flexibility index (Phi) is 5.39. The summed E-state index contributed by atoms with van der Waals surface area (Å²) in [6, 6.07) is 13.9. The Bertz CT molecular complexity index is 1010. The summed E-state index contributed by atoms with van der Waals surface area (Å²) in [7, 11) is 0. The van der Waals surface area contributed by atoms with Gasteiger partial charge in [0.2, 0.25) is 11.7 Å². The molecule has 9 nitrogen and oxygen atoms in total. The van der Waals surface area contributed by atoms with Crippen molar-refractivity contribution in [2.75, 3.05) is 10.6 Å². The summed E-state index contributed by atoms with van der Waals surface area (Å²) in [6.45, 7) is -0.0790. The minimum atomic E-state index is -0.294. The molecule has 3 aromatic rings. The summed E-state index contributed by atoms with van der Waals surface area (Å²) < 4.78 is 0. The highest BCUT2D eigenvalue weighted by molar-refractivity contribution is 6.30. The molecule has 1 heterocycles. The molecular formula is C19H18ClN7O2. The van der Waals surface area contributed by atoms with Crippen molar-refractivity contribution in [2.45, 2.75) is 25.4 Å². The normalized spacial score (nSPS) is 13.0. The summed E-state index contributed by atoms with van der Waals surface area (Å²) in [4.78, 5) is 25.2. The van der Waals surface area contributed by atoms with Crippen molar-refractivity contribution in [2.24, 2.45) is 0 Å². The molecule has 1 saturated carbocycles. The number of amides is 3. The first kappa shape index (κ1) is 18.9. The van der Waals surface area contributed by atoms with Crippen molar-refractivity contribution >= 4 is 34.9 Å². The number of carbonyl (C=O) groups excluding carboxylic acids is 2. The number of urea groups is 1. The van der Waals surface area contributed by atoms with Gasteiger partial charge in [-0.2, -0.15) is 4.80 Å². The van der Waals surface area contributed by atoms with Crippen LogP contribution in [0.1, 0.15) is 12.8 Å². The van der Waals surface area contributed by atoms with Gasteiger partial charge in [0.25, 0.3) is 0 Å². The molecule has 1 aliphatic carbocycles. The molecule has 1 fully saturated rings. The number of tetrazole rings is 1. The smallest absolute Gasteiger partial charge is 0.319 e. The molecule has 29 heavy (non-hydrogen) atoms. The van der Waals surface area contributed by atoms with Crippen molar-refractivity contribution in [1.82, 2.24) is 25.5 Å². The average molecular weight is 412 g/mol. The fraction of sp³-hybridized carbons (Fsp3) is 0.211. The largest absolute Gasteiger partial charge is 0.335 e. The lowest BCUT2D eigenvalue weighted by Crippen LogP contribution is -2.30. The van der Waals surface area contributed by atoms with Crippen LogP contribution in [-0.2, 0) is 11.3 Å². The Morgan fingerprint density at radius 1 is 1.00 bits per heavy atom. The van der Waals surface area contributed by atoms with E-state index in [-0.39, 0.29) is 18.5 Å². The van der Waals surface area contributed by atoms with Crippen LogP contribution in [0, 0.1) is 0 Å². The first-order chi connectivity index (χ1) is 14.0. The number of rotatable bonds is 6. The molecule has 0 spiro atoms. The molecular weight excluding hydrogens is 394 g/mol. The maximum absolute atomic E-state index is 12.2. The van der Waals surface area contributed by atoms with Crippen molar-refractivity contribution in [1.29, 1.82) is 0 Å². The lowest BCUT2D eigenvalue weighted by molar-refractivity contribution is -0.117. The van der Waals surface area contributed by atoms with Crippen LogP contribution in [0.25, 0.3) is 11.4 Å². The van der Waals surface area contributed by atoms with Crippen molar-refractivity contribution in [3.8, 4) is 11.4 Å². The number of aromatic nitrogens is 4. The van der Waals surface area contributed by atoms with Crippen LogP contribution in [0.3, 0.4) is 0 Å². The van der Waals surface area contributed by atoms with Crippen LogP contribution >= 0.6 is 11.6 Å². The van der Waals surface area contributed by atoms with Crippen LogP contribution < -0.4 is 16.0 Å². The third kappa shape index (κ3) is 5.29. The standard InChI is InChI=1S/C19H18ClN7O2/c20-13-3-1-12(2-4-13)18-24-26-27(25-18)11-17(28)21-14-5-7-15(8-6-14)22-19(29)23-16-9-10-16/h1-8,16H,9-11H2,(H,21,28)(H2,22,23,29). The van der Waals surface area contributed by atoms with Gasteiger partial charge in [0.15, 0.2) is 0 Å². The number of hydrogen-bond acceptors (Lipinski definition) is 5. The highest BCUT2D eigenvalue weighted by Gasteiger charge is 2.23. The summed E-state index contributed by atoms with van der Waals surface area (Å²) in [6.07, 6.45) is 2.06. The van der Waals surface area contributed by atoms with Crippen LogP contribution in [0.2, 0.25) is 5.02 Å². The third-order valence-corrected chi connectivity index (χ3v) is 4.43. The molecule has 1 aliphatic rings. The molecule has 0 saturated heterocycles. The molecule has 10 heteroatoms. The van der Waals surface area contributed by atoms with Gasteiger partial charge in [-0.15, -0.1) is 10.2 Å². The fourth-order valence-electron chi connectivity index (χ4n) is 2.57. The van der Waals surface area contributed by atoms with Gasteiger partial charge in [-0.05, 0) is 66.6 Å². The summed E-state index contributed by atoms with van der Waals surface area (Å²) >= 11 is 5.87. The SMILES string of the molecule is O=C(Cn1nnc(-c2ccc(Cl)cc2)n1)Nc1ccc(NC(=O)NC2CC2)cc1. The molecule has 0 unspecified atom stereocenters. The molecule has 0 radical (unpaired) electrons. The van der Waals surface area contributed by atoms with Crippen LogP contribution in [0.4, 0.5) is 16.2 Å². The van der Waals surface area contributed by atoms with Gasteiger partial charge in [-0.3, -0.25) is 4.79 Å². The Morgan fingerprint density at radius 3 is 2.31 bits per heavy atom. The highest BCUT2D eigenvalue weighted by atomic mass is 35.5. The highest BCUT2D eigenvalue weighted by Crippen LogP contribution is 2.19. The minimum absolute atomic E-state index is 0.0790. The van der Waals surface area contributed by atoms with E-state index < -0.39 is 0 Å². The van der Waals surface area contributed by atoms with E-state index in [9.17, 15) is 9.59 Å². The predicted octanol–water partition coefficient (Wildman–Crippen LogP) is 2.92. The summed E-state index contributed by atoms with van der Waals surface area (Å²) in [5.74, 6) is 0.117. The van der Waals surface area contributed by atoms with Crippen molar-refractivity contribution in [3.63, 3.8) is 0 Å². The molecule has 0 atom stereocenters. The van der Waals surface area contributed by atoms with Crippen LogP contribution in [0.15, 0.2) is 48.5 Å². The second-order valence-corrected chi connectivity index (χ2v) is 7.09. The number of hydrogen-bond donors (Lipinski definition) is 3. The number of carbonyl (C=O) groups is 2. The van der Waals surface area contributed by atoms with Crippen molar-refractivity contribution < 1.29 is 9.59 Å². The maximum atomic E-state index is 12.2. The average Bonchev–Trinajstić information content (AvgIpc) is 3.39. The Balaban J connectivity index is 1.30. The molecule has 4 rings (SSSR count). The second kappa shape index (κ2) is 8.27. The van der Waals surface area contributed by atoms with Gasteiger partial charge < -0.3 is 16.0 Å². The lowest BCUT2D eigenvalue weighted by atomic mass is 10.2. The third-order valence-electron chi connectivity index (χ3n) is 4.18. The van der Waals surface area contributed by atoms with Gasteiger partial charge in [0, 0.05) is 28.0 Å². The number of nitrogens with zero attached hydrogens (tertiary/aromatic N) is 4. The van der Waals surface area contributed by atoms with E-state index in [2.05, 4.69) is 31.4 Å². The van der Waals surface area contributed by atoms with Crippen LogP contribution in [0.5, 0.6) is 0 Å². The van der Waals surface area contributed by atoms with Crippen LogP contribution in [-0.4, -0.2) is 38.2 Å². The molecule has 0 bridgehead atoms. The second-order valence-electron chi connectivity index (χ2n) is 6.65. The maximum Gasteiger partial charge on any atom is 0.319 e. The zero-order valence-electron chi connectivity index (χ0n) is 15.3. The fourth-order valence-corrected chi connectivity index (χ4v) is 2.70. The van der Waals surface area contributed by atoms with E-state index in [1.165, 1.54) is 4.80 Å². The first-order valence-electron chi connectivity index (χ1n) is 9.06. The zero-order chi connectivity index (χ0) is 20.2. The van der Waals surface area contributed by atoms with Gasteiger partial charge in [0.05, 0.1) is 0 Å². The molecule has 3 N–H and O–H groups in total. The quantitative estimate of drug-likeness (QED) is 0.577. The number of nitrogens with one attached hydrogen (secondary N) is 3. The van der Waals surface area contributed by atoms with E-state index >= 15 is 0 Å². The van der Waals surface area contributed by atoms with Gasteiger partial charge in [-0.25, -0.2) is 4.79 Å². The van der Waals surface area contributed by atoms with Gasteiger partial charge in [-0.1, -0.05) is 11.6 Å². The van der Waals surface area contributed by atoms with Gasteiger partial charge in [0.1, 0.15) is 6.54 Å². The van der Waals surface area contributed by atoms with E-state index in [4.69, 9.17) is 11.6 Å². The van der Waals surface area contributed by atoms with E-state index in [0.717, 1.165) is 18.4 Å². The van der Waals surface area contributed by atoms with Gasteiger partial charge >= 0.3 is 6.03 Å². The monoisotopic (exact) mass is 411 g/mol. The lowest BCUT2D eigenvalue weighted by Gasteiger charge is -2.08. The first-order valence-corrected chi connectivity index (χ1v) is 9.44. The molecule has 148 valence electrons. The molecule has 1 aromatic heterocycles. The molecule has 0 aliphatic heterocycles. The number of anilines is 2. The number of halogens is 1. The zero-order valence-corrected chi connectivity index (χ0v) is 16.1. The summed E-state index contributed by atoms with van der Waals surface area (Å²) in [5.41, 5.74) is 2.00. The minimum Gasteiger partial charge on any atom is -0.335 e. The predicted molar refractivity (Wildman–Crippen MR) is 109 cm³/mol. The Morgan fingerprint density at radius 2 is 1.66 bits per heavy atom. The molecule has 2 aromatic carbocycles. The Labute approximate surface area is 171 Å². The number of benzene rings is 2. The van der Waals surface area contributed by atoms with E-state index in [1.54, 1.807) is 48.5 Å². The van der Waals surface area contributed by atoms with E-state index in [0.29, 0.717) is 28.3 Å². The topological polar surface area (TPSA) is 114 Å².